The van der Waals surface area contributed by atoms with Crippen LogP contribution in [0.4, 0.5) is 0 Å². The van der Waals surface area contributed by atoms with Crippen LogP contribution in [0, 0.1) is 0 Å². The maximum absolute atomic E-state index is 2.62. The van der Waals surface area contributed by atoms with Gasteiger partial charge in [0.1, 0.15) is 0 Å². The van der Waals surface area contributed by atoms with Crippen LogP contribution in [0.2, 0.25) is 0 Å². The molecule has 0 radical (unpaired) electrons. The molecule has 0 bridgehead atoms. The van der Waals surface area contributed by atoms with Crippen molar-refractivity contribution in [2.24, 2.45) is 0 Å². The summed E-state index contributed by atoms with van der Waals surface area (Å²) in [6.07, 6.45) is 5.43. The van der Waals surface area contributed by atoms with Crippen molar-refractivity contribution in [3.05, 3.63) is 35.4 Å². The molecular formula is C16H25N. The molecule has 1 nitrogen and oxygen atoms in total. The number of benzene rings is 1. The molecule has 1 aromatic carbocycles. The lowest BCUT2D eigenvalue weighted by Crippen LogP contribution is -2.31. The average Bonchev–Trinajstić information content (AvgIpc) is 2.38. The van der Waals surface area contributed by atoms with Crippen molar-refractivity contribution in [3.63, 3.8) is 0 Å². The molecule has 0 aliphatic carbocycles. The molecule has 1 heterocycles. The number of hydrogen-bond acceptors (Lipinski definition) is 1. The molecule has 0 N–H and O–H groups in total. The molecule has 1 aliphatic heterocycles. The lowest BCUT2D eigenvalue weighted by atomic mass is 9.99. The SMILES string of the molecule is CC(C)c1cccc(CCN2CCCCC2)c1. The van der Waals surface area contributed by atoms with E-state index in [1.54, 1.807) is 0 Å². The molecular weight excluding hydrogens is 206 g/mol. The molecule has 0 saturated carbocycles. The van der Waals surface area contributed by atoms with Gasteiger partial charge in [-0.3, -0.25) is 0 Å². The van der Waals surface area contributed by atoms with E-state index in [-0.39, 0.29) is 0 Å². The lowest BCUT2D eigenvalue weighted by molar-refractivity contribution is 0.231. The number of likely N-dealkylation sites (tertiary alicyclic amines) is 1. The number of rotatable bonds is 4. The summed E-state index contributed by atoms with van der Waals surface area (Å²) in [7, 11) is 0. The van der Waals surface area contributed by atoms with Gasteiger partial charge < -0.3 is 4.90 Å². The van der Waals surface area contributed by atoms with Crippen LogP contribution in [0.5, 0.6) is 0 Å². The molecule has 1 aliphatic rings. The van der Waals surface area contributed by atoms with Gasteiger partial charge in [-0.2, -0.15) is 0 Å². The van der Waals surface area contributed by atoms with Crippen molar-refractivity contribution in [1.82, 2.24) is 4.90 Å². The molecule has 2 rings (SSSR count). The maximum Gasteiger partial charge on any atom is 0.00218 e. The summed E-state index contributed by atoms with van der Waals surface area (Å²) in [6.45, 7) is 8.39. The molecule has 1 aromatic rings. The highest BCUT2D eigenvalue weighted by Gasteiger charge is 2.09. The first kappa shape index (κ1) is 12.6. The molecule has 0 spiro atoms. The van der Waals surface area contributed by atoms with Gasteiger partial charge >= 0.3 is 0 Å². The number of nitrogens with zero attached hydrogens (tertiary/aromatic N) is 1. The molecule has 17 heavy (non-hydrogen) atoms. The summed E-state index contributed by atoms with van der Waals surface area (Å²) in [5.41, 5.74) is 2.97. The lowest BCUT2D eigenvalue weighted by Gasteiger charge is -2.26. The van der Waals surface area contributed by atoms with Crippen molar-refractivity contribution in [2.45, 2.75) is 45.4 Å². The quantitative estimate of drug-likeness (QED) is 0.761. The Morgan fingerprint density at radius 1 is 1.12 bits per heavy atom. The van der Waals surface area contributed by atoms with Gasteiger partial charge in [0.05, 0.1) is 0 Å². The van der Waals surface area contributed by atoms with Crippen LogP contribution in [-0.4, -0.2) is 24.5 Å². The summed E-state index contributed by atoms with van der Waals surface area (Å²) >= 11 is 0. The van der Waals surface area contributed by atoms with Crippen LogP contribution in [0.15, 0.2) is 24.3 Å². The van der Waals surface area contributed by atoms with Gasteiger partial charge in [-0.15, -0.1) is 0 Å². The predicted molar refractivity (Wildman–Crippen MR) is 74.5 cm³/mol. The Hall–Kier alpha value is -0.820. The second kappa shape index (κ2) is 6.20. The highest BCUT2D eigenvalue weighted by molar-refractivity contribution is 5.25. The molecule has 0 unspecified atom stereocenters. The van der Waals surface area contributed by atoms with Crippen LogP contribution in [-0.2, 0) is 6.42 Å². The fourth-order valence-corrected chi connectivity index (χ4v) is 2.58. The summed E-state index contributed by atoms with van der Waals surface area (Å²) < 4.78 is 0. The van der Waals surface area contributed by atoms with Crippen molar-refractivity contribution in [2.75, 3.05) is 19.6 Å². The Balaban J connectivity index is 1.87. The fraction of sp³-hybridized carbons (Fsp3) is 0.625. The third-order valence-corrected chi connectivity index (χ3v) is 3.78. The first-order chi connectivity index (χ1) is 8.25. The van der Waals surface area contributed by atoms with E-state index in [1.165, 1.54) is 56.4 Å². The minimum Gasteiger partial charge on any atom is -0.303 e. The van der Waals surface area contributed by atoms with E-state index in [2.05, 4.69) is 43.0 Å². The Bertz CT molecular complexity index is 337. The third kappa shape index (κ3) is 3.85. The highest BCUT2D eigenvalue weighted by atomic mass is 15.1. The van der Waals surface area contributed by atoms with Crippen LogP contribution in [0.3, 0.4) is 0 Å². The maximum atomic E-state index is 2.62. The Kier molecular flexibility index (Phi) is 4.61. The summed E-state index contributed by atoms with van der Waals surface area (Å²) in [6, 6.07) is 9.11. The van der Waals surface area contributed by atoms with E-state index in [4.69, 9.17) is 0 Å². The topological polar surface area (TPSA) is 3.24 Å². The molecule has 0 atom stereocenters. The zero-order valence-corrected chi connectivity index (χ0v) is 11.3. The van der Waals surface area contributed by atoms with Crippen LogP contribution < -0.4 is 0 Å². The van der Waals surface area contributed by atoms with Crippen LogP contribution in [0.1, 0.15) is 50.2 Å². The Morgan fingerprint density at radius 3 is 2.59 bits per heavy atom. The zero-order valence-electron chi connectivity index (χ0n) is 11.3. The van der Waals surface area contributed by atoms with Gasteiger partial charge in [0, 0.05) is 6.54 Å². The minimum absolute atomic E-state index is 0.643. The first-order valence-corrected chi connectivity index (χ1v) is 7.07. The van der Waals surface area contributed by atoms with Crippen molar-refractivity contribution in [1.29, 1.82) is 0 Å². The van der Waals surface area contributed by atoms with Crippen molar-refractivity contribution < 1.29 is 0 Å². The standard InChI is InChI=1S/C16H25N/c1-14(2)16-8-6-7-15(13-16)9-12-17-10-4-3-5-11-17/h6-8,13-14H,3-5,9-12H2,1-2H3. The summed E-state index contributed by atoms with van der Waals surface area (Å²) in [4.78, 5) is 2.62. The van der Waals surface area contributed by atoms with E-state index < -0.39 is 0 Å². The third-order valence-electron chi connectivity index (χ3n) is 3.78. The molecule has 1 heteroatoms. The second-order valence-electron chi connectivity index (χ2n) is 5.55. The first-order valence-electron chi connectivity index (χ1n) is 7.07. The van der Waals surface area contributed by atoms with E-state index >= 15 is 0 Å². The van der Waals surface area contributed by atoms with Crippen LogP contribution >= 0.6 is 0 Å². The van der Waals surface area contributed by atoms with E-state index in [0.29, 0.717) is 5.92 Å². The smallest absolute Gasteiger partial charge is 0.00218 e. The predicted octanol–water partition coefficient (Wildman–Crippen LogP) is 3.84. The van der Waals surface area contributed by atoms with Crippen molar-refractivity contribution >= 4 is 0 Å². The van der Waals surface area contributed by atoms with Gasteiger partial charge in [-0.25, -0.2) is 0 Å². The molecule has 0 aromatic heterocycles. The fourth-order valence-electron chi connectivity index (χ4n) is 2.58. The molecule has 1 saturated heterocycles. The van der Waals surface area contributed by atoms with Gasteiger partial charge in [0.25, 0.3) is 0 Å². The summed E-state index contributed by atoms with van der Waals surface area (Å²) in [5, 5.41) is 0. The molecule has 94 valence electrons. The second-order valence-corrected chi connectivity index (χ2v) is 5.55. The summed E-state index contributed by atoms with van der Waals surface area (Å²) in [5.74, 6) is 0.643. The van der Waals surface area contributed by atoms with E-state index in [0.717, 1.165) is 0 Å². The normalized spacial score (nSPS) is 17.6. The van der Waals surface area contributed by atoms with E-state index in [9.17, 15) is 0 Å². The monoisotopic (exact) mass is 231 g/mol. The number of hydrogen-bond donors (Lipinski definition) is 0. The van der Waals surface area contributed by atoms with E-state index in [1.807, 2.05) is 0 Å². The number of piperidine rings is 1. The zero-order chi connectivity index (χ0) is 12.1. The highest BCUT2D eigenvalue weighted by Crippen LogP contribution is 2.16. The van der Waals surface area contributed by atoms with Gasteiger partial charge in [-0.1, -0.05) is 44.5 Å². The Morgan fingerprint density at radius 2 is 1.88 bits per heavy atom. The minimum atomic E-state index is 0.643. The largest absolute Gasteiger partial charge is 0.303 e. The Labute approximate surface area is 106 Å². The van der Waals surface area contributed by atoms with Gasteiger partial charge in [0.15, 0.2) is 0 Å². The van der Waals surface area contributed by atoms with Crippen molar-refractivity contribution in [3.8, 4) is 0 Å². The van der Waals surface area contributed by atoms with Gasteiger partial charge in [-0.05, 0) is 49.4 Å². The molecule has 1 fully saturated rings. The van der Waals surface area contributed by atoms with Crippen LogP contribution in [0.25, 0.3) is 0 Å². The van der Waals surface area contributed by atoms with Gasteiger partial charge in [0.2, 0.25) is 0 Å². The average molecular weight is 231 g/mol. The molecule has 0 amide bonds.